The summed E-state index contributed by atoms with van der Waals surface area (Å²) in [6.07, 6.45) is 1.45. The molecule has 0 saturated carbocycles. The zero-order valence-corrected chi connectivity index (χ0v) is 11.6. The molecule has 2 N–H and O–H groups in total. The van der Waals surface area contributed by atoms with Crippen molar-refractivity contribution in [3.63, 3.8) is 0 Å². The van der Waals surface area contributed by atoms with Crippen LogP contribution in [0.1, 0.15) is 0 Å². The molecule has 2 aromatic rings. The first kappa shape index (κ1) is 14.4. The molecule has 0 atom stereocenters. The monoisotopic (exact) mass is 312 g/mol. The fraction of sp³-hybridized carbons (Fsp3) is 0.0769. The largest absolute Gasteiger partial charge is 0.504 e. The number of carbonyl (C=O) groups is 1. The summed E-state index contributed by atoms with van der Waals surface area (Å²) in [5, 5.41) is 12.6. The molecule has 1 heterocycles. The first-order chi connectivity index (χ1) is 9.56. The lowest BCUT2D eigenvalue weighted by atomic mass is 10.3. The lowest BCUT2D eigenvalue weighted by molar-refractivity contribution is -0.118. The number of anilines is 1. The van der Waals surface area contributed by atoms with E-state index in [0.717, 1.165) is 0 Å². The summed E-state index contributed by atoms with van der Waals surface area (Å²) in [5.41, 5.74) is 0. The molecule has 1 amide bonds. The van der Waals surface area contributed by atoms with Crippen LogP contribution in [0.2, 0.25) is 10.0 Å². The van der Waals surface area contributed by atoms with Crippen molar-refractivity contribution in [1.29, 1.82) is 0 Å². The molecule has 0 aliphatic carbocycles. The van der Waals surface area contributed by atoms with E-state index in [1.807, 2.05) is 0 Å². The molecule has 104 valence electrons. The van der Waals surface area contributed by atoms with E-state index in [0.29, 0.717) is 15.8 Å². The molecule has 2 rings (SSSR count). The molecule has 1 aromatic heterocycles. The Hall–Kier alpha value is -1.98. The number of aromatic hydroxyl groups is 1. The van der Waals surface area contributed by atoms with Gasteiger partial charge in [-0.25, -0.2) is 4.98 Å². The second-order valence-corrected chi connectivity index (χ2v) is 4.60. The predicted molar refractivity (Wildman–Crippen MR) is 76.5 cm³/mol. The van der Waals surface area contributed by atoms with Gasteiger partial charge in [-0.1, -0.05) is 23.2 Å². The number of halogens is 2. The SMILES string of the molecule is O=C(COc1ccc(Cl)c(Cl)c1)Nc1ncccc1O. The van der Waals surface area contributed by atoms with Crippen molar-refractivity contribution in [2.75, 3.05) is 11.9 Å². The third-order valence-corrected chi connectivity index (χ3v) is 3.04. The standard InChI is InChI=1S/C13H10Cl2N2O3/c14-9-4-3-8(6-10(9)15)20-7-12(19)17-13-11(18)2-1-5-16-13/h1-6,18H,7H2,(H,16,17,19). The molecule has 0 unspecified atom stereocenters. The van der Waals surface area contributed by atoms with Gasteiger partial charge in [-0.05, 0) is 24.3 Å². The first-order valence-electron chi connectivity index (χ1n) is 5.58. The van der Waals surface area contributed by atoms with Crippen LogP contribution in [0.25, 0.3) is 0 Å². The van der Waals surface area contributed by atoms with Gasteiger partial charge in [0, 0.05) is 12.3 Å². The Morgan fingerprint density at radius 2 is 2.10 bits per heavy atom. The van der Waals surface area contributed by atoms with Gasteiger partial charge < -0.3 is 15.2 Å². The molecular weight excluding hydrogens is 303 g/mol. The third-order valence-electron chi connectivity index (χ3n) is 2.31. The van der Waals surface area contributed by atoms with Crippen LogP contribution < -0.4 is 10.1 Å². The molecule has 0 fully saturated rings. The minimum atomic E-state index is -0.454. The number of rotatable bonds is 4. The molecule has 5 nitrogen and oxygen atoms in total. The maximum atomic E-state index is 11.6. The highest BCUT2D eigenvalue weighted by Gasteiger charge is 2.08. The van der Waals surface area contributed by atoms with Crippen LogP contribution in [0.3, 0.4) is 0 Å². The summed E-state index contributed by atoms with van der Waals surface area (Å²) in [6.45, 7) is -0.242. The number of amides is 1. The number of carbonyl (C=O) groups excluding carboxylic acids is 1. The summed E-state index contributed by atoms with van der Waals surface area (Å²) in [6, 6.07) is 7.65. The van der Waals surface area contributed by atoms with Gasteiger partial charge in [0.05, 0.1) is 10.0 Å². The lowest BCUT2D eigenvalue weighted by Gasteiger charge is -2.08. The topological polar surface area (TPSA) is 71.5 Å². The highest BCUT2D eigenvalue weighted by molar-refractivity contribution is 6.42. The molecule has 7 heteroatoms. The number of hydrogen-bond donors (Lipinski definition) is 2. The smallest absolute Gasteiger partial charge is 0.263 e. The Balaban J connectivity index is 1.92. The quantitative estimate of drug-likeness (QED) is 0.910. The summed E-state index contributed by atoms with van der Waals surface area (Å²) >= 11 is 11.6. The van der Waals surface area contributed by atoms with E-state index in [9.17, 15) is 9.90 Å². The van der Waals surface area contributed by atoms with E-state index < -0.39 is 5.91 Å². The molecule has 0 bridgehead atoms. The summed E-state index contributed by atoms with van der Waals surface area (Å²) in [4.78, 5) is 15.5. The number of aromatic nitrogens is 1. The van der Waals surface area contributed by atoms with E-state index >= 15 is 0 Å². The van der Waals surface area contributed by atoms with Crippen LogP contribution in [0.15, 0.2) is 36.5 Å². The van der Waals surface area contributed by atoms with Crippen LogP contribution >= 0.6 is 23.2 Å². The molecular formula is C13H10Cl2N2O3. The van der Waals surface area contributed by atoms with E-state index in [1.54, 1.807) is 18.2 Å². The minimum Gasteiger partial charge on any atom is -0.504 e. The van der Waals surface area contributed by atoms with Gasteiger partial charge in [0.2, 0.25) is 0 Å². The molecule has 1 aromatic carbocycles. The number of nitrogens with one attached hydrogen (secondary N) is 1. The Bertz CT molecular complexity index is 635. The van der Waals surface area contributed by atoms with Crippen LogP contribution in [0.5, 0.6) is 11.5 Å². The molecule has 0 aliphatic rings. The third kappa shape index (κ3) is 3.76. The van der Waals surface area contributed by atoms with Gasteiger partial charge in [-0.15, -0.1) is 0 Å². The Kier molecular flexibility index (Phi) is 4.65. The number of pyridine rings is 1. The van der Waals surface area contributed by atoms with Gasteiger partial charge in [0.1, 0.15) is 5.75 Å². The highest BCUT2D eigenvalue weighted by atomic mass is 35.5. The van der Waals surface area contributed by atoms with Crippen LogP contribution in [0, 0.1) is 0 Å². The normalized spacial score (nSPS) is 10.1. The van der Waals surface area contributed by atoms with Crippen LogP contribution in [-0.4, -0.2) is 22.6 Å². The number of nitrogens with zero attached hydrogens (tertiary/aromatic N) is 1. The average molecular weight is 313 g/mol. The minimum absolute atomic E-state index is 0.0789. The first-order valence-corrected chi connectivity index (χ1v) is 6.33. The van der Waals surface area contributed by atoms with Crippen LogP contribution in [-0.2, 0) is 4.79 Å². The van der Waals surface area contributed by atoms with E-state index in [1.165, 1.54) is 18.3 Å². The van der Waals surface area contributed by atoms with E-state index in [4.69, 9.17) is 27.9 Å². The van der Waals surface area contributed by atoms with Crippen molar-refractivity contribution < 1.29 is 14.6 Å². The summed E-state index contributed by atoms with van der Waals surface area (Å²) < 4.78 is 5.25. The average Bonchev–Trinajstić information content (AvgIpc) is 2.43. The van der Waals surface area contributed by atoms with Gasteiger partial charge in [-0.2, -0.15) is 0 Å². The van der Waals surface area contributed by atoms with Crippen LogP contribution in [0.4, 0.5) is 5.82 Å². The molecule has 20 heavy (non-hydrogen) atoms. The molecule has 0 aliphatic heterocycles. The predicted octanol–water partition coefficient (Wildman–Crippen LogP) is 3.11. The van der Waals surface area contributed by atoms with Crippen molar-refractivity contribution in [3.05, 3.63) is 46.6 Å². The lowest BCUT2D eigenvalue weighted by Crippen LogP contribution is -2.20. The maximum absolute atomic E-state index is 11.6. The van der Waals surface area contributed by atoms with Crippen molar-refractivity contribution in [2.45, 2.75) is 0 Å². The molecule has 0 spiro atoms. The highest BCUT2D eigenvalue weighted by Crippen LogP contribution is 2.26. The van der Waals surface area contributed by atoms with Crippen molar-refractivity contribution in [3.8, 4) is 11.5 Å². The second-order valence-electron chi connectivity index (χ2n) is 3.78. The Morgan fingerprint density at radius 3 is 2.80 bits per heavy atom. The van der Waals surface area contributed by atoms with Gasteiger partial charge in [0.25, 0.3) is 5.91 Å². The fourth-order valence-corrected chi connectivity index (χ4v) is 1.66. The van der Waals surface area contributed by atoms with Gasteiger partial charge >= 0.3 is 0 Å². The van der Waals surface area contributed by atoms with Crippen molar-refractivity contribution in [1.82, 2.24) is 4.98 Å². The Labute approximate surface area is 125 Å². The zero-order valence-electron chi connectivity index (χ0n) is 10.1. The molecule has 0 saturated heterocycles. The zero-order chi connectivity index (χ0) is 14.5. The van der Waals surface area contributed by atoms with Gasteiger partial charge in [0.15, 0.2) is 18.2 Å². The number of ether oxygens (including phenoxy) is 1. The summed E-state index contributed by atoms with van der Waals surface area (Å²) in [7, 11) is 0. The molecule has 0 radical (unpaired) electrons. The van der Waals surface area contributed by atoms with E-state index in [-0.39, 0.29) is 18.2 Å². The van der Waals surface area contributed by atoms with E-state index in [2.05, 4.69) is 10.3 Å². The fourth-order valence-electron chi connectivity index (χ4n) is 1.38. The number of benzene rings is 1. The van der Waals surface area contributed by atoms with Gasteiger partial charge in [-0.3, -0.25) is 4.79 Å². The Morgan fingerprint density at radius 1 is 1.30 bits per heavy atom. The van der Waals surface area contributed by atoms with Crippen molar-refractivity contribution in [2.24, 2.45) is 0 Å². The summed E-state index contributed by atoms with van der Waals surface area (Å²) in [5.74, 6) is -0.0736. The second kappa shape index (κ2) is 6.45. The van der Waals surface area contributed by atoms with Crippen molar-refractivity contribution >= 4 is 34.9 Å². The number of hydrogen-bond acceptors (Lipinski definition) is 4. The maximum Gasteiger partial charge on any atom is 0.263 e.